The van der Waals surface area contributed by atoms with Crippen LogP contribution in [0.4, 0.5) is 10.2 Å². The molecule has 4 aromatic rings. The summed E-state index contributed by atoms with van der Waals surface area (Å²) in [5.74, 6) is -0.381. The molecular weight excluding hydrogens is 479 g/mol. The Kier molecular flexibility index (Phi) is 6.38. The maximum atomic E-state index is 14.3. The van der Waals surface area contributed by atoms with Crippen LogP contribution in [0.3, 0.4) is 0 Å². The number of hydrogen-bond donors (Lipinski definition) is 1. The monoisotopic (exact) mass is 502 g/mol. The predicted octanol–water partition coefficient (Wildman–Crippen LogP) is 2.37. The molecule has 0 spiro atoms. The van der Waals surface area contributed by atoms with E-state index in [9.17, 15) is 18.8 Å². The zero-order chi connectivity index (χ0) is 26.1. The first-order valence-corrected chi connectivity index (χ1v) is 11.6. The number of hydrogen-bond acceptors (Lipinski definition) is 8. The first kappa shape index (κ1) is 24.1. The Morgan fingerprint density at radius 1 is 1.11 bits per heavy atom. The van der Waals surface area contributed by atoms with Crippen molar-refractivity contribution in [1.29, 1.82) is 0 Å². The van der Waals surface area contributed by atoms with E-state index in [1.165, 1.54) is 28.9 Å². The maximum absolute atomic E-state index is 14.3. The van der Waals surface area contributed by atoms with Crippen molar-refractivity contribution in [3.05, 3.63) is 60.6 Å². The van der Waals surface area contributed by atoms with Gasteiger partial charge in [0.15, 0.2) is 5.78 Å². The van der Waals surface area contributed by atoms with Gasteiger partial charge in [0.05, 0.1) is 24.0 Å². The highest BCUT2D eigenvalue weighted by molar-refractivity contribution is 6.05. The van der Waals surface area contributed by atoms with Crippen LogP contribution in [-0.2, 0) is 16.1 Å². The van der Waals surface area contributed by atoms with Crippen molar-refractivity contribution < 1.29 is 18.8 Å². The summed E-state index contributed by atoms with van der Waals surface area (Å²) in [6.07, 6.45) is 4.85. The van der Waals surface area contributed by atoms with Crippen molar-refractivity contribution in [3.8, 4) is 11.3 Å². The molecule has 5 heterocycles. The van der Waals surface area contributed by atoms with Gasteiger partial charge in [-0.15, -0.1) is 0 Å². The number of anilines is 1. The van der Waals surface area contributed by atoms with Gasteiger partial charge < -0.3 is 10.2 Å². The molecule has 1 fully saturated rings. The molecule has 1 aliphatic heterocycles. The summed E-state index contributed by atoms with van der Waals surface area (Å²) in [6.45, 7) is 2.65. The van der Waals surface area contributed by atoms with E-state index in [1.807, 2.05) is 0 Å². The molecule has 0 unspecified atom stereocenters. The third kappa shape index (κ3) is 4.90. The molecule has 1 saturated heterocycles. The quantitative estimate of drug-likeness (QED) is 0.397. The second-order valence-corrected chi connectivity index (χ2v) is 8.77. The Labute approximate surface area is 210 Å². The zero-order valence-electron chi connectivity index (χ0n) is 20.1. The molecule has 0 bridgehead atoms. The van der Waals surface area contributed by atoms with Crippen molar-refractivity contribution in [1.82, 2.24) is 34.6 Å². The number of fused-ring (bicyclic) bond motifs is 1. The van der Waals surface area contributed by atoms with E-state index < -0.39 is 24.0 Å². The van der Waals surface area contributed by atoms with Gasteiger partial charge in [0, 0.05) is 42.9 Å². The Bertz CT molecular complexity index is 1490. The number of carbonyl (C=O) groups is 3. The number of Topliss-reactive ketones (excluding diaryl/α,β-unsaturated/α-hetero) is 1. The summed E-state index contributed by atoms with van der Waals surface area (Å²) in [6, 6.07) is 5.72. The largest absolute Gasteiger partial charge is 0.326 e. The van der Waals surface area contributed by atoms with Crippen LogP contribution in [0.1, 0.15) is 29.7 Å². The summed E-state index contributed by atoms with van der Waals surface area (Å²) in [7, 11) is 0. The molecule has 37 heavy (non-hydrogen) atoms. The lowest BCUT2D eigenvalue weighted by Crippen LogP contribution is -2.44. The third-order valence-corrected chi connectivity index (χ3v) is 6.12. The highest BCUT2D eigenvalue weighted by Crippen LogP contribution is 2.26. The van der Waals surface area contributed by atoms with Crippen molar-refractivity contribution in [2.45, 2.75) is 39.0 Å². The van der Waals surface area contributed by atoms with Gasteiger partial charge >= 0.3 is 0 Å². The average molecular weight is 503 g/mol. The molecule has 2 atom stereocenters. The number of nitrogens with one attached hydrogen (secondary N) is 1. The molecule has 12 heteroatoms. The Morgan fingerprint density at radius 2 is 1.89 bits per heavy atom. The Balaban J connectivity index is 1.41. The third-order valence-electron chi connectivity index (χ3n) is 6.12. The number of nitrogens with zero attached hydrogens (tertiary/aromatic N) is 7. The molecular formula is C25H23FN8O3. The molecule has 188 valence electrons. The molecule has 5 rings (SSSR count). The lowest BCUT2D eigenvalue weighted by atomic mass is 10.1. The average Bonchev–Trinajstić information content (AvgIpc) is 3.45. The van der Waals surface area contributed by atoms with Crippen LogP contribution < -0.4 is 5.32 Å². The Morgan fingerprint density at radius 3 is 2.59 bits per heavy atom. The van der Waals surface area contributed by atoms with Crippen molar-refractivity contribution >= 4 is 34.3 Å². The second-order valence-electron chi connectivity index (χ2n) is 8.77. The molecule has 4 aromatic heterocycles. The van der Waals surface area contributed by atoms with Crippen LogP contribution in [0.15, 0.2) is 49.1 Å². The van der Waals surface area contributed by atoms with Gasteiger partial charge in [-0.25, -0.2) is 19.3 Å². The molecule has 1 aliphatic rings. The number of ketones is 1. The van der Waals surface area contributed by atoms with E-state index >= 15 is 0 Å². The minimum absolute atomic E-state index is 0.119. The fraction of sp³-hybridized carbons (Fsp3) is 0.280. The number of amides is 2. The first-order chi connectivity index (χ1) is 17.8. The maximum Gasteiger partial charge on any atom is 0.248 e. The lowest BCUT2D eigenvalue weighted by molar-refractivity contribution is -0.137. The molecule has 1 N–H and O–H groups in total. The summed E-state index contributed by atoms with van der Waals surface area (Å²) in [4.78, 5) is 56.5. The summed E-state index contributed by atoms with van der Waals surface area (Å²) >= 11 is 0. The molecule has 2 amide bonds. The van der Waals surface area contributed by atoms with Crippen LogP contribution in [0.5, 0.6) is 0 Å². The molecule has 11 nitrogen and oxygen atoms in total. The van der Waals surface area contributed by atoms with Crippen LogP contribution >= 0.6 is 0 Å². The molecule has 0 radical (unpaired) electrons. The van der Waals surface area contributed by atoms with E-state index in [4.69, 9.17) is 0 Å². The van der Waals surface area contributed by atoms with E-state index in [0.29, 0.717) is 33.8 Å². The van der Waals surface area contributed by atoms with E-state index in [-0.39, 0.29) is 31.0 Å². The fourth-order valence-corrected chi connectivity index (χ4v) is 4.31. The predicted molar refractivity (Wildman–Crippen MR) is 131 cm³/mol. The number of aryl methyl sites for hydroxylation is 1. The normalized spacial score (nSPS) is 17.2. The number of rotatable bonds is 6. The van der Waals surface area contributed by atoms with E-state index in [2.05, 4.69) is 30.4 Å². The standard InChI is InChI=1S/C25H23FN8O3/c1-14(35)24-18-8-19(16-9-28-15(2)29-10-16)30-11-21(18)34(32-24)13-23(36)33-12-17(26)7-20(33)25(37)31-22-5-3-4-6-27-22/h3-6,8-11,17,20H,7,12-13H2,1-2H3,(H,27,31,37)/t17-,20-/m1/s1. The van der Waals surface area contributed by atoms with Gasteiger partial charge in [0.1, 0.15) is 36.1 Å². The van der Waals surface area contributed by atoms with Crippen LogP contribution in [0.25, 0.3) is 22.2 Å². The number of likely N-dealkylation sites (tertiary alicyclic amines) is 1. The summed E-state index contributed by atoms with van der Waals surface area (Å²) < 4.78 is 15.7. The second kappa shape index (κ2) is 9.80. The SMILES string of the molecule is CC(=O)c1nn(CC(=O)N2C[C@H](F)C[C@@H]2C(=O)Nc2ccccn2)c2cnc(-c3cnc(C)nc3)cc12. The van der Waals surface area contributed by atoms with Crippen LogP contribution in [0.2, 0.25) is 0 Å². The molecule has 0 aliphatic carbocycles. The van der Waals surface area contributed by atoms with Gasteiger partial charge in [0.2, 0.25) is 11.8 Å². The minimum Gasteiger partial charge on any atom is -0.326 e. The Hall–Kier alpha value is -4.61. The topological polar surface area (TPSA) is 136 Å². The number of aromatic nitrogens is 6. The van der Waals surface area contributed by atoms with Gasteiger partial charge in [0.25, 0.3) is 0 Å². The van der Waals surface area contributed by atoms with Gasteiger partial charge in [-0.3, -0.25) is 24.0 Å². The molecule has 0 aromatic carbocycles. The highest BCUT2D eigenvalue weighted by Gasteiger charge is 2.40. The van der Waals surface area contributed by atoms with Gasteiger partial charge in [-0.2, -0.15) is 5.10 Å². The number of carbonyl (C=O) groups excluding carboxylic acids is 3. The van der Waals surface area contributed by atoms with E-state index in [0.717, 1.165) is 0 Å². The smallest absolute Gasteiger partial charge is 0.248 e. The summed E-state index contributed by atoms with van der Waals surface area (Å²) in [5, 5.41) is 7.49. The van der Waals surface area contributed by atoms with Crippen LogP contribution in [0, 0.1) is 6.92 Å². The number of alkyl halides is 1. The van der Waals surface area contributed by atoms with Crippen molar-refractivity contribution in [2.24, 2.45) is 0 Å². The van der Waals surface area contributed by atoms with Crippen LogP contribution in [-0.4, -0.2) is 71.0 Å². The van der Waals surface area contributed by atoms with Gasteiger partial charge in [-0.1, -0.05) is 6.07 Å². The molecule has 0 saturated carbocycles. The number of halogens is 1. The summed E-state index contributed by atoms with van der Waals surface area (Å²) in [5.41, 5.74) is 1.85. The minimum atomic E-state index is -1.34. The van der Waals surface area contributed by atoms with Crippen molar-refractivity contribution in [3.63, 3.8) is 0 Å². The van der Waals surface area contributed by atoms with E-state index in [1.54, 1.807) is 43.6 Å². The highest BCUT2D eigenvalue weighted by atomic mass is 19.1. The lowest BCUT2D eigenvalue weighted by Gasteiger charge is -2.23. The zero-order valence-corrected chi connectivity index (χ0v) is 20.1. The fourth-order valence-electron chi connectivity index (χ4n) is 4.31. The van der Waals surface area contributed by atoms with Gasteiger partial charge in [-0.05, 0) is 25.1 Å². The van der Waals surface area contributed by atoms with Crippen molar-refractivity contribution in [2.75, 3.05) is 11.9 Å². The number of pyridine rings is 2. The first-order valence-electron chi connectivity index (χ1n) is 11.6.